The van der Waals surface area contributed by atoms with E-state index in [0.29, 0.717) is 11.1 Å². The summed E-state index contributed by atoms with van der Waals surface area (Å²) in [5.41, 5.74) is 0.926. The molecule has 2 aromatic rings. The predicted octanol–water partition coefficient (Wildman–Crippen LogP) is 2.20. The third kappa shape index (κ3) is 4.16. The van der Waals surface area contributed by atoms with Crippen LogP contribution in [0.2, 0.25) is 0 Å². The number of carbonyl (C=O) groups is 2. The number of nitrogens with one attached hydrogen (secondary N) is 1. The van der Waals surface area contributed by atoms with Crippen molar-refractivity contribution in [1.82, 2.24) is 4.90 Å². The Morgan fingerprint density at radius 3 is 2.36 bits per heavy atom. The molecule has 132 valence electrons. The number of carbonyl (C=O) groups excluding carboxylic acids is 1. The molecule has 25 heavy (non-hydrogen) atoms. The largest absolute Gasteiger partial charge is 0.478 e. The maximum absolute atomic E-state index is 12.5. The number of anilines is 1. The maximum Gasteiger partial charge on any atom is 0.335 e. The molecule has 1 amide bonds. The van der Waals surface area contributed by atoms with E-state index in [1.165, 1.54) is 29.2 Å². The summed E-state index contributed by atoms with van der Waals surface area (Å²) in [4.78, 5) is 24.4. The van der Waals surface area contributed by atoms with Crippen LogP contribution in [0.1, 0.15) is 26.3 Å². The summed E-state index contributed by atoms with van der Waals surface area (Å²) < 4.78 is 27.4. The van der Waals surface area contributed by atoms with Crippen molar-refractivity contribution >= 4 is 27.6 Å². The van der Waals surface area contributed by atoms with Crippen molar-refractivity contribution in [2.24, 2.45) is 0 Å². The number of aryl methyl sites for hydroxylation is 1. The second-order valence-corrected chi connectivity index (χ2v) is 7.35. The van der Waals surface area contributed by atoms with Gasteiger partial charge >= 0.3 is 5.97 Å². The standard InChI is InChI=1S/C17H18N2O5S/c1-11-7-8-14(10-15(11)17(21)22)25(23,24)18-13-6-4-5-12(9-13)16(20)19(2)3/h4-10,18H,1-3H3,(H,21,22). The number of aromatic carboxylic acids is 1. The molecule has 7 nitrogen and oxygen atoms in total. The summed E-state index contributed by atoms with van der Waals surface area (Å²) in [6.07, 6.45) is 0. The lowest BCUT2D eigenvalue weighted by molar-refractivity contribution is 0.0695. The molecule has 0 unspecified atom stereocenters. The van der Waals surface area contributed by atoms with Crippen LogP contribution in [0, 0.1) is 6.92 Å². The lowest BCUT2D eigenvalue weighted by atomic mass is 10.1. The molecule has 2 rings (SSSR count). The molecule has 0 fully saturated rings. The fourth-order valence-corrected chi connectivity index (χ4v) is 3.26. The van der Waals surface area contributed by atoms with E-state index in [9.17, 15) is 18.0 Å². The van der Waals surface area contributed by atoms with Gasteiger partial charge in [0.05, 0.1) is 10.5 Å². The number of amides is 1. The first-order valence-electron chi connectivity index (χ1n) is 7.30. The number of benzene rings is 2. The minimum Gasteiger partial charge on any atom is -0.478 e. The number of rotatable bonds is 5. The Morgan fingerprint density at radius 2 is 1.76 bits per heavy atom. The monoisotopic (exact) mass is 362 g/mol. The van der Waals surface area contributed by atoms with Crippen LogP contribution in [0.4, 0.5) is 5.69 Å². The van der Waals surface area contributed by atoms with Crippen LogP contribution < -0.4 is 4.72 Å². The van der Waals surface area contributed by atoms with Gasteiger partial charge in [-0.15, -0.1) is 0 Å². The third-order valence-corrected chi connectivity index (χ3v) is 4.90. The minimum absolute atomic E-state index is 0.0839. The van der Waals surface area contributed by atoms with Crippen LogP contribution in [-0.4, -0.2) is 44.4 Å². The molecular weight excluding hydrogens is 344 g/mol. The molecule has 0 aromatic heterocycles. The van der Waals surface area contributed by atoms with Crippen molar-refractivity contribution < 1.29 is 23.1 Å². The zero-order valence-corrected chi connectivity index (χ0v) is 14.8. The van der Waals surface area contributed by atoms with E-state index >= 15 is 0 Å². The van der Waals surface area contributed by atoms with Crippen LogP contribution in [0.25, 0.3) is 0 Å². The first-order valence-corrected chi connectivity index (χ1v) is 8.78. The highest BCUT2D eigenvalue weighted by Crippen LogP contribution is 2.20. The summed E-state index contributed by atoms with van der Waals surface area (Å²) in [5.74, 6) is -1.46. The maximum atomic E-state index is 12.5. The lowest BCUT2D eigenvalue weighted by Crippen LogP contribution is -2.22. The number of hydrogen-bond donors (Lipinski definition) is 2. The second kappa shape index (κ2) is 6.94. The van der Waals surface area contributed by atoms with Crippen LogP contribution in [0.5, 0.6) is 0 Å². The third-order valence-electron chi connectivity index (χ3n) is 3.52. The molecule has 0 radical (unpaired) electrons. The summed E-state index contributed by atoms with van der Waals surface area (Å²) in [6.45, 7) is 1.59. The average Bonchev–Trinajstić information content (AvgIpc) is 2.53. The van der Waals surface area contributed by atoms with E-state index in [4.69, 9.17) is 5.11 Å². The van der Waals surface area contributed by atoms with Crippen molar-refractivity contribution in [2.45, 2.75) is 11.8 Å². The van der Waals surface area contributed by atoms with Gasteiger partial charge in [0.2, 0.25) is 0 Å². The van der Waals surface area contributed by atoms with Crippen molar-refractivity contribution in [1.29, 1.82) is 0 Å². The van der Waals surface area contributed by atoms with Gasteiger partial charge in [-0.1, -0.05) is 12.1 Å². The van der Waals surface area contributed by atoms with E-state index in [1.807, 2.05) is 0 Å². The van der Waals surface area contributed by atoms with Crippen LogP contribution >= 0.6 is 0 Å². The highest BCUT2D eigenvalue weighted by Gasteiger charge is 2.18. The van der Waals surface area contributed by atoms with Gasteiger partial charge < -0.3 is 10.0 Å². The number of sulfonamides is 1. The van der Waals surface area contributed by atoms with E-state index < -0.39 is 16.0 Å². The molecule has 0 atom stereocenters. The smallest absolute Gasteiger partial charge is 0.335 e. The molecule has 2 N–H and O–H groups in total. The van der Waals surface area contributed by atoms with Crippen LogP contribution in [0.3, 0.4) is 0 Å². The highest BCUT2D eigenvalue weighted by molar-refractivity contribution is 7.92. The molecule has 0 bridgehead atoms. The number of hydrogen-bond acceptors (Lipinski definition) is 4. The molecule has 8 heteroatoms. The van der Waals surface area contributed by atoms with E-state index in [1.54, 1.807) is 33.2 Å². The number of nitrogens with zero attached hydrogens (tertiary/aromatic N) is 1. The summed E-state index contributed by atoms with van der Waals surface area (Å²) in [5, 5.41) is 9.14. The fourth-order valence-electron chi connectivity index (χ4n) is 2.19. The van der Waals surface area contributed by atoms with Crippen molar-refractivity contribution in [3.63, 3.8) is 0 Å². The zero-order chi connectivity index (χ0) is 18.8. The lowest BCUT2D eigenvalue weighted by Gasteiger charge is -2.13. The number of carboxylic acid groups (broad SMARTS) is 1. The minimum atomic E-state index is -3.99. The van der Waals surface area contributed by atoms with Gasteiger partial charge in [0.1, 0.15) is 0 Å². The molecule has 0 saturated carbocycles. The molecule has 2 aromatic carbocycles. The Hall–Kier alpha value is -2.87. The SMILES string of the molecule is Cc1ccc(S(=O)(=O)Nc2cccc(C(=O)N(C)C)c2)cc1C(=O)O. The topological polar surface area (TPSA) is 104 Å². The van der Waals surface area contributed by atoms with Crippen molar-refractivity contribution in [3.8, 4) is 0 Å². The van der Waals surface area contributed by atoms with Crippen molar-refractivity contribution in [3.05, 3.63) is 59.2 Å². The first kappa shape index (κ1) is 18.5. The Morgan fingerprint density at radius 1 is 1.08 bits per heavy atom. The van der Waals surface area contributed by atoms with Gasteiger partial charge in [0.15, 0.2) is 0 Å². The van der Waals surface area contributed by atoms with Gasteiger partial charge in [0, 0.05) is 25.3 Å². The summed E-state index contributed by atoms with van der Waals surface area (Å²) in [6, 6.07) is 9.95. The van der Waals surface area contributed by atoms with Gasteiger partial charge in [0.25, 0.3) is 15.9 Å². The second-order valence-electron chi connectivity index (χ2n) is 5.67. The summed E-state index contributed by atoms with van der Waals surface area (Å²) in [7, 11) is -0.795. The van der Waals surface area contributed by atoms with E-state index in [0.717, 1.165) is 6.07 Å². The van der Waals surface area contributed by atoms with Crippen LogP contribution in [0.15, 0.2) is 47.4 Å². The summed E-state index contributed by atoms with van der Waals surface area (Å²) >= 11 is 0. The fraction of sp³-hybridized carbons (Fsp3) is 0.176. The number of carboxylic acids is 1. The molecule has 0 spiro atoms. The zero-order valence-electron chi connectivity index (χ0n) is 14.0. The van der Waals surface area contributed by atoms with Gasteiger partial charge in [-0.05, 0) is 42.8 Å². The van der Waals surface area contributed by atoms with Crippen molar-refractivity contribution in [2.75, 3.05) is 18.8 Å². The highest BCUT2D eigenvalue weighted by atomic mass is 32.2. The van der Waals surface area contributed by atoms with Gasteiger partial charge in [-0.25, -0.2) is 13.2 Å². The van der Waals surface area contributed by atoms with Crippen LogP contribution in [-0.2, 0) is 10.0 Å². The normalized spacial score (nSPS) is 11.0. The molecule has 0 heterocycles. The molecule has 0 saturated heterocycles. The first-order chi connectivity index (χ1) is 11.6. The van der Waals surface area contributed by atoms with Gasteiger partial charge in [-0.2, -0.15) is 0 Å². The predicted molar refractivity (Wildman–Crippen MR) is 93.4 cm³/mol. The molecule has 0 aliphatic rings. The molecular formula is C17H18N2O5S. The Kier molecular flexibility index (Phi) is 5.13. The Bertz CT molecular complexity index is 936. The molecule has 0 aliphatic carbocycles. The molecule has 0 aliphatic heterocycles. The Labute approximate surface area is 146 Å². The quantitative estimate of drug-likeness (QED) is 0.848. The average molecular weight is 362 g/mol. The Balaban J connectivity index is 2.37. The van der Waals surface area contributed by atoms with Gasteiger partial charge in [-0.3, -0.25) is 9.52 Å². The van der Waals surface area contributed by atoms with E-state index in [-0.39, 0.29) is 22.1 Å². The van der Waals surface area contributed by atoms with E-state index in [2.05, 4.69) is 4.72 Å².